The lowest BCUT2D eigenvalue weighted by Crippen LogP contribution is -2.43. The van der Waals surface area contributed by atoms with Gasteiger partial charge in [-0.3, -0.25) is 19.7 Å². The molecule has 1 saturated heterocycles. The first-order valence-corrected chi connectivity index (χ1v) is 11.1. The summed E-state index contributed by atoms with van der Waals surface area (Å²) in [7, 11) is 1.51. The Hall–Kier alpha value is -3.17. The molecule has 0 spiro atoms. The zero-order chi connectivity index (χ0) is 23.4. The van der Waals surface area contributed by atoms with Gasteiger partial charge in [-0.1, -0.05) is 23.2 Å². The van der Waals surface area contributed by atoms with Crippen molar-refractivity contribution in [2.24, 2.45) is 5.92 Å². The maximum Gasteiger partial charge on any atom is 0.271 e. The molecule has 0 bridgehead atoms. The van der Waals surface area contributed by atoms with Gasteiger partial charge >= 0.3 is 0 Å². The predicted octanol–water partition coefficient (Wildman–Crippen LogP) is 3.35. The van der Waals surface area contributed by atoms with Gasteiger partial charge in [0.05, 0.1) is 41.3 Å². The maximum absolute atomic E-state index is 12.9. The summed E-state index contributed by atoms with van der Waals surface area (Å²) in [5, 5.41) is 10.8. The van der Waals surface area contributed by atoms with Crippen molar-refractivity contribution in [3.63, 3.8) is 0 Å². The van der Waals surface area contributed by atoms with Gasteiger partial charge in [-0.25, -0.2) is 4.98 Å². The molecule has 0 saturated carbocycles. The molecule has 4 rings (SSSR count). The average molecular weight is 489 g/mol. The molecule has 33 heavy (non-hydrogen) atoms. The van der Waals surface area contributed by atoms with E-state index in [-0.39, 0.29) is 24.3 Å². The number of carbonyl (C=O) groups excluding carboxylic acids is 2. The minimum Gasteiger partial charge on any atom is -0.481 e. The smallest absolute Gasteiger partial charge is 0.271 e. The monoisotopic (exact) mass is 488 g/mol. The Kier molecular flexibility index (Phi) is 7.10. The summed E-state index contributed by atoms with van der Waals surface area (Å²) in [6.45, 7) is 1.22. The molecule has 3 aromatic rings. The Balaban J connectivity index is 1.33. The van der Waals surface area contributed by atoms with Crippen molar-refractivity contribution < 1.29 is 14.3 Å². The molecule has 1 aliphatic rings. The van der Waals surface area contributed by atoms with Crippen LogP contribution in [0.25, 0.3) is 11.3 Å². The van der Waals surface area contributed by atoms with Crippen LogP contribution in [0.1, 0.15) is 29.0 Å². The summed E-state index contributed by atoms with van der Waals surface area (Å²) in [6, 6.07) is 6.79. The van der Waals surface area contributed by atoms with E-state index < -0.39 is 0 Å². The van der Waals surface area contributed by atoms with Gasteiger partial charge < -0.3 is 15.0 Å². The molecular formula is C22H22Cl2N6O3. The molecule has 0 unspecified atom stereocenters. The molecule has 3 aromatic heterocycles. The Labute approximate surface area is 200 Å². The van der Waals surface area contributed by atoms with Gasteiger partial charge in [0.15, 0.2) is 0 Å². The second-order valence-electron chi connectivity index (χ2n) is 7.59. The van der Waals surface area contributed by atoms with E-state index in [9.17, 15) is 9.59 Å². The summed E-state index contributed by atoms with van der Waals surface area (Å²) in [5.41, 5.74) is 2.11. The third-order valence-corrected chi connectivity index (χ3v) is 6.19. The number of amides is 2. The van der Waals surface area contributed by atoms with Crippen LogP contribution in [-0.2, 0) is 11.3 Å². The van der Waals surface area contributed by atoms with Crippen molar-refractivity contribution in [2.45, 2.75) is 19.4 Å². The lowest BCUT2D eigenvalue weighted by Gasteiger charge is -2.31. The van der Waals surface area contributed by atoms with Crippen LogP contribution < -0.4 is 10.1 Å². The van der Waals surface area contributed by atoms with Crippen LogP contribution in [0.3, 0.4) is 0 Å². The number of aromatic amines is 1. The van der Waals surface area contributed by atoms with Gasteiger partial charge in [0.25, 0.3) is 5.91 Å². The van der Waals surface area contributed by atoms with E-state index in [1.807, 2.05) is 0 Å². The second kappa shape index (κ2) is 10.2. The number of aromatic nitrogens is 4. The zero-order valence-electron chi connectivity index (χ0n) is 17.8. The standard InChI is InChI=1S/C22H22Cl2N6O3/c1-33-20-9-14(16(24)11-26-20)17-10-18(29-28-17)22(32)30-7-4-13(5-8-30)21(31)27-12-19-15(23)3-2-6-25-19/h2-3,6,9-11,13H,4-5,7-8,12H2,1H3,(H,27,31)(H,28,29). The number of rotatable bonds is 6. The Morgan fingerprint density at radius 1 is 1.21 bits per heavy atom. The van der Waals surface area contributed by atoms with Gasteiger partial charge in [0, 0.05) is 36.8 Å². The van der Waals surface area contributed by atoms with E-state index in [0.29, 0.717) is 64.5 Å². The quantitative estimate of drug-likeness (QED) is 0.549. The molecule has 172 valence electrons. The molecule has 2 N–H and O–H groups in total. The minimum atomic E-state index is -0.176. The van der Waals surface area contributed by atoms with E-state index in [1.165, 1.54) is 13.3 Å². The van der Waals surface area contributed by atoms with Gasteiger partial charge in [0.1, 0.15) is 5.69 Å². The largest absolute Gasteiger partial charge is 0.481 e. The molecule has 4 heterocycles. The number of hydrogen-bond acceptors (Lipinski definition) is 6. The number of carbonyl (C=O) groups is 2. The van der Waals surface area contributed by atoms with Crippen molar-refractivity contribution in [2.75, 3.05) is 20.2 Å². The van der Waals surface area contributed by atoms with E-state index >= 15 is 0 Å². The molecular weight excluding hydrogens is 467 g/mol. The van der Waals surface area contributed by atoms with Crippen LogP contribution >= 0.6 is 23.2 Å². The zero-order valence-corrected chi connectivity index (χ0v) is 19.4. The molecule has 0 atom stereocenters. The topological polar surface area (TPSA) is 113 Å². The first-order chi connectivity index (χ1) is 16.0. The molecule has 2 amide bonds. The lowest BCUT2D eigenvalue weighted by atomic mass is 9.95. The maximum atomic E-state index is 12.9. The first kappa shape index (κ1) is 23.0. The van der Waals surface area contributed by atoms with Gasteiger partial charge in [-0.15, -0.1) is 0 Å². The third kappa shape index (κ3) is 5.26. The van der Waals surface area contributed by atoms with E-state index in [4.69, 9.17) is 27.9 Å². The number of likely N-dealkylation sites (tertiary alicyclic amines) is 1. The van der Waals surface area contributed by atoms with E-state index in [0.717, 1.165) is 0 Å². The number of nitrogens with zero attached hydrogens (tertiary/aromatic N) is 4. The summed E-state index contributed by atoms with van der Waals surface area (Å²) in [4.78, 5) is 35.4. The number of nitrogens with one attached hydrogen (secondary N) is 2. The van der Waals surface area contributed by atoms with Crippen LogP contribution in [0.15, 0.2) is 36.7 Å². The SMILES string of the molecule is COc1cc(-c2cc(C(=O)N3CCC(C(=O)NCc4ncccc4Cl)CC3)[nH]n2)c(Cl)cn1. The van der Waals surface area contributed by atoms with Crippen molar-refractivity contribution >= 4 is 35.0 Å². The van der Waals surface area contributed by atoms with E-state index in [2.05, 4.69) is 25.5 Å². The third-order valence-electron chi connectivity index (χ3n) is 5.54. The molecule has 1 fully saturated rings. The number of ether oxygens (including phenoxy) is 1. The summed E-state index contributed by atoms with van der Waals surface area (Å²) < 4.78 is 5.13. The minimum absolute atomic E-state index is 0.0612. The van der Waals surface area contributed by atoms with Crippen molar-refractivity contribution in [3.8, 4) is 17.1 Å². The second-order valence-corrected chi connectivity index (χ2v) is 8.40. The van der Waals surface area contributed by atoms with Crippen molar-refractivity contribution in [1.82, 2.24) is 30.4 Å². The van der Waals surface area contributed by atoms with Crippen LogP contribution in [0.4, 0.5) is 0 Å². The molecule has 9 nitrogen and oxygen atoms in total. The normalized spacial score (nSPS) is 14.2. The van der Waals surface area contributed by atoms with Crippen LogP contribution in [0.2, 0.25) is 10.0 Å². The molecule has 0 aliphatic carbocycles. The number of pyridine rings is 2. The fourth-order valence-corrected chi connectivity index (χ4v) is 4.06. The summed E-state index contributed by atoms with van der Waals surface area (Å²) >= 11 is 12.3. The molecule has 0 radical (unpaired) electrons. The number of H-pyrrole nitrogens is 1. The Morgan fingerprint density at radius 2 is 2.00 bits per heavy atom. The first-order valence-electron chi connectivity index (χ1n) is 10.4. The van der Waals surface area contributed by atoms with E-state index in [1.54, 1.807) is 35.4 Å². The number of halogens is 2. The fraction of sp³-hybridized carbons (Fsp3) is 0.318. The van der Waals surface area contributed by atoms with Gasteiger partial charge in [-0.2, -0.15) is 5.10 Å². The number of piperidine rings is 1. The van der Waals surface area contributed by atoms with Gasteiger partial charge in [-0.05, 0) is 31.0 Å². The predicted molar refractivity (Wildman–Crippen MR) is 123 cm³/mol. The van der Waals surface area contributed by atoms with Crippen LogP contribution in [-0.4, -0.2) is 57.1 Å². The molecule has 1 aliphatic heterocycles. The highest BCUT2D eigenvalue weighted by Crippen LogP contribution is 2.29. The highest BCUT2D eigenvalue weighted by molar-refractivity contribution is 6.33. The highest BCUT2D eigenvalue weighted by Gasteiger charge is 2.28. The lowest BCUT2D eigenvalue weighted by molar-refractivity contribution is -0.126. The number of hydrogen-bond donors (Lipinski definition) is 2. The van der Waals surface area contributed by atoms with Crippen molar-refractivity contribution in [1.29, 1.82) is 0 Å². The molecule has 11 heteroatoms. The number of methoxy groups -OCH3 is 1. The fourth-order valence-electron chi connectivity index (χ4n) is 3.68. The average Bonchev–Trinajstić information content (AvgIpc) is 3.33. The van der Waals surface area contributed by atoms with Gasteiger partial charge in [0.2, 0.25) is 11.8 Å². The van der Waals surface area contributed by atoms with Crippen LogP contribution in [0.5, 0.6) is 5.88 Å². The molecule has 0 aromatic carbocycles. The summed E-state index contributed by atoms with van der Waals surface area (Å²) in [5.74, 6) is -0.00756. The highest BCUT2D eigenvalue weighted by atomic mass is 35.5. The van der Waals surface area contributed by atoms with Crippen molar-refractivity contribution in [3.05, 3.63) is 58.1 Å². The van der Waals surface area contributed by atoms with Crippen LogP contribution in [0, 0.1) is 5.92 Å². The Bertz CT molecular complexity index is 1160. The summed E-state index contributed by atoms with van der Waals surface area (Å²) in [6.07, 6.45) is 4.25. The Morgan fingerprint density at radius 3 is 2.73 bits per heavy atom.